The van der Waals surface area contributed by atoms with Crippen molar-refractivity contribution in [2.75, 3.05) is 12.4 Å². The number of hydrogen-bond acceptors (Lipinski definition) is 6. The van der Waals surface area contributed by atoms with E-state index in [1.54, 1.807) is 6.92 Å². The molecule has 0 saturated carbocycles. The van der Waals surface area contributed by atoms with E-state index >= 15 is 0 Å². The van der Waals surface area contributed by atoms with Gasteiger partial charge in [0.1, 0.15) is 12.0 Å². The number of aliphatic hydroxyl groups is 1. The number of thioether (sulfide) groups is 2. The monoisotopic (exact) mass is 315 g/mol. The highest BCUT2D eigenvalue weighted by atomic mass is 32.2. The lowest BCUT2D eigenvalue weighted by molar-refractivity contribution is -0.157. The molecule has 0 aromatic carbocycles. The topological polar surface area (TPSA) is 66.8 Å². The van der Waals surface area contributed by atoms with Gasteiger partial charge in [0.25, 0.3) is 0 Å². The van der Waals surface area contributed by atoms with Crippen molar-refractivity contribution in [2.24, 2.45) is 5.92 Å². The van der Waals surface area contributed by atoms with Gasteiger partial charge in [0, 0.05) is 0 Å². The van der Waals surface area contributed by atoms with Crippen molar-refractivity contribution in [3.63, 3.8) is 0 Å². The van der Waals surface area contributed by atoms with Gasteiger partial charge in [0.05, 0.1) is 16.3 Å². The van der Waals surface area contributed by atoms with E-state index in [1.807, 2.05) is 6.92 Å². The molecule has 20 heavy (non-hydrogen) atoms. The Kier molecular flexibility index (Phi) is 4.82. The number of esters is 1. The predicted octanol–water partition coefficient (Wildman–Crippen LogP) is 1.55. The summed E-state index contributed by atoms with van der Waals surface area (Å²) in [5.41, 5.74) is 0.315. The van der Waals surface area contributed by atoms with Crippen LogP contribution in [0.3, 0.4) is 0 Å². The molecule has 0 aromatic heterocycles. The molecular formula is C13H17NO4S2. The van der Waals surface area contributed by atoms with Crippen molar-refractivity contribution in [1.82, 2.24) is 4.90 Å². The van der Waals surface area contributed by atoms with Gasteiger partial charge in [-0.3, -0.25) is 9.69 Å². The van der Waals surface area contributed by atoms with Gasteiger partial charge in [-0.05, 0) is 12.7 Å². The molecule has 1 N–H and O–H groups in total. The van der Waals surface area contributed by atoms with E-state index < -0.39 is 18.0 Å². The number of rotatable bonds is 6. The Morgan fingerprint density at radius 2 is 2.40 bits per heavy atom. The molecule has 0 aromatic rings. The number of ether oxygens (including phenoxy) is 1. The number of hydrogen-bond donors (Lipinski definition) is 1. The zero-order chi connectivity index (χ0) is 14.9. The quantitative estimate of drug-likeness (QED) is 0.456. The largest absolute Gasteiger partial charge is 0.457 e. The second-order valence-corrected chi connectivity index (χ2v) is 7.10. The first-order valence-electron chi connectivity index (χ1n) is 6.35. The minimum atomic E-state index is -0.715. The fourth-order valence-electron chi connectivity index (χ4n) is 2.18. The van der Waals surface area contributed by atoms with Crippen molar-refractivity contribution in [2.45, 2.75) is 25.3 Å². The van der Waals surface area contributed by atoms with Gasteiger partial charge in [-0.25, -0.2) is 4.79 Å². The van der Waals surface area contributed by atoms with Gasteiger partial charge in [0.2, 0.25) is 5.91 Å². The Hall–Kier alpha value is -0.920. The van der Waals surface area contributed by atoms with E-state index in [0.29, 0.717) is 5.70 Å². The third kappa shape index (κ3) is 2.49. The summed E-state index contributed by atoms with van der Waals surface area (Å²) in [6.45, 7) is 7.19. The summed E-state index contributed by atoms with van der Waals surface area (Å²) in [5, 5.41) is 9.46. The standard InChI is InChI=1S/C13H17NO4S2/c1-4-6-18-12(17)9-13(19-5-2)20-11-8(7(3)15)10(16)14(9)11/h4,7-8,11,15H,1,5-6H2,2-3H3/t7-,8+,11-/m1/s1. The molecule has 0 radical (unpaired) electrons. The average Bonchev–Trinajstić information content (AvgIpc) is 2.70. The van der Waals surface area contributed by atoms with Crippen LogP contribution in [0.1, 0.15) is 13.8 Å². The molecule has 7 heteroatoms. The van der Waals surface area contributed by atoms with Crippen molar-refractivity contribution in [1.29, 1.82) is 0 Å². The van der Waals surface area contributed by atoms with Crippen LogP contribution in [0.5, 0.6) is 0 Å². The third-order valence-corrected chi connectivity index (χ3v) is 5.61. The minimum absolute atomic E-state index is 0.115. The molecule has 3 atom stereocenters. The van der Waals surface area contributed by atoms with Gasteiger partial charge in [-0.2, -0.15) is 0 Å². The maximum Gasteiger partial charge on any atom is 0.357 e. The SMILES string of the molecule is C=CCOC(=O)C1=C(SCC)S[C@@H]2[C@@H]([C@@H](C)O)C(=O)N12. The van der Waals surface area contributed by atoms with Gasteiger partial charge in [0.15, 0.2) is 5.70 Å². The van der Waals surface area contributed by atoms with Crippen molar-refractivity contribution in [3.8, 4) is 0 Å². The Morgan fingerprint density at radius 3 is 2.95 bits per heavy atom. The predicted molar refractivity (Wildman–Crippen MR) is 79.7 cm³/mol. The van der Waals surface area contributed by atoms with E-state index in [1.165, 1.54) is 34.5 Å². The van der Waals surface area contributed by atoms with Crippen LogP contribution in [-0.2, 0) is 14.3 Å². The molecule has 110 valence electrons. The van der Waals surface area contributed by atoms with Gasteiger partial charge in [-0.1, -0.05) is 31.3 Å². The molecule has 5 nitrogen and oxygen atoms in total. The van der Waals surface area contributed by atoms with E-state index in [9.17, 15) is 14.7 Å². The molecule has 0 spiro atoms. The van der Waals surface area contributed by atoms with Crippen LogP contribution in [0.25, 0.3) is 0 Å². The van der Waals surface area contributed by atoms with E-state index in [-0.39, 0.29) is 17.9 Å². The van der Waals surface area contributed by atoms with Gasteiger partial charge < -0.3 is 9.84 Å². The molecule has 2 heterocycles. The summed E-state index contributed by atoms with van der Waals surface area (Å²) in [6, 6.07) is 0. The van der Waals surface area contributed by atoms with Crippen molar-refractivity contribution >= 4 is 35.4 Å². The zero-order valence-corrected chi connectivity index (χ0v) is 13.0. The molecule has 1 saturated heterocycles. The van der Waals surface area contributed by atoms with Crippen molar-refractivity contribution < 1.29 is 19.4 Å². The fourth-order valence-corrected chi connectivity index (χ4v) is 5.00. The van der Waals surface area contributed by atoms with Crippen LogP contribution in [0.2, 0.25) is 0 Å². The smallest absolute Gasteiger partial charge is 0.357 e. The summed E-state index contributed by atoms with van der Waals surface area (Å²) in [5.74, 6) is -0.366. The third-order valence-electron chi connectivity index (χ3n) is 3.07. The molecule has 2 aliphatic rings. The first-order chi connectivity index (χ1) is 9.52. The summed E-state index contributed by atoms with van der Waals surface area (Å²) in [4.78, 5) is 25.6. The summed E-state index contributed by atoms with van der Waals surface area (Å²) < 4.78 is 5.84. The Labute approximate surface area is 126 Å². The lowest BCUT2D eigenvalue weighted by Crippen LogP contribution is -2.60. The van der Waals surface area contributed by atoms with Crippen LogP contribution < -0.4 is 0 Å². The number of carbonyl (C=O) groups excluding carboxylic acids is 2. The molecule has 0 unspecified atom stereocenters. The normalized spacial score (nSPS) is 26.1. The molecule has 0 bridgehead atoms. The highest BCUT2D eigenvalue weighted by Crippen LogP contribution is 2.53. The first-order valence-corrected chi connectivity index (χ1v) is 8.22. The van der Waals surface area contributed by atoms with Crippen LogP contribution in [0.4, 0.5) is 0 Å². The highest BCUT2D eigenvalue weighted by molar-refractivity contribution is 8.22. The van der Waals surface area contributed by atoms with Crippen LogP contribution in [-0.4, -0.2) is 45.7 Å². The Balaban J connectivity index is 2.21. The van der Waals surface area contributed by atoms with Crippen LogP contribution in [0, 0.1) is 5.92 Å². The van der Waals surface area contributed by atoms with Crippen molar-refractivity contribution in [3.05, 3.63) is 22.6 Å². The van der Waals surface area contributed by atoms with Crippen LogP contribution >= 0.6 is 23.5 Å². The zero-order valence-electron chi connectivity index (χ0n) is 11.4. The Bertz CT molecular complexity index is 475. The number of aliphatic hydroxyl groups excluding tert-OH is 1. The number of carbonyl (C=O) groups is 2. The van der Waals surface area contributed by atoms with Gasteiger partial charge >= 0.3 is 5.97 Å². The number of nitrogens with zero attached hydrogens (tertiary/aromatic N) is 1. The maximum absolute atomic E-state index is 12.1. The summed E-state index contributed by atoms with van der Waals surface area (Å²) >= 11 is 2.97. The number of β-lactam (4-membered cyclic amide) rings is 1. The molecular weight excluding hydrogens is 298 g/mol. The molecule has 0 aliphatic carbocycles. The van der Waals surface area contributed by atoms with E-state index in [2.05, 4.69) is 6.58 Å². The lowest BCUT2D eigenvalue weighted by atomic mass is 9.92. The van der Waals surface area contributed by atoms with E-state index in [4.69, 9.17) is 4.74 Å². The van der Waals surface area contributed by atoms with Crippen LogP contribution in [0.15, 0.2) is 22.6 Å². The summed E-state index contributed by atoms with van der Waals surface area (Å²) in [6.07, 6.45) is 0.772. The minimum Gasteiger partial charge on any atom is -0.457 e. The molecule has 2 rings (SSSR count). The lowest BCUT2D eigenvalue weighted by Gasteiger charge is -2.43. The average molecular weight is 315 g/mol. The molecule has 1 amide bonds. The van der Waals surface area contributed by atoms with Gasteiger partial charge in [-0.15, -0.1) is 11.8 Å². The number of fused-ring (bicyclic) bond motifs is 1. The van der Waals surface area contributed by atoms with E-state index in [0.717, 1.165) is 9.99 Å². The molecule has 1 fully saturated rings. The fraction of sp³-hybridized carbons (Fsp3) is 0.538. The second-order valence-electron chi connectivity index (χ2n) is 4.44. The summed E-state index contributed by atoms with van der Waals surface area (Å²) in [7, 11) is 0. The maximum atomic E-state index is 12.1. The first kappa shape index (κ1) is 15.5. The second kappa shape index (κ2) is 6.24. The number of amides is 1. The highest BCUT2D eigenvalue weighted by Gasteiger charge is 2.57. The molecule has 2 aliphatic heterocycles. The Morgan fingerprint density at radius 1 is 1.70 bits per heavy atom.